The minimum absolute atomic E-state index is 0.137. The number of nitro groups is 1. The van der Waals surface area contributed by atoms with Crippen LogP contribution in [0.2, 0.25) is 0 Å². The maximum atomic E-state index is 10.6. The van der Waals surface area contributed by atoms with Crippen LogP contribution in [0.5, 0.6) is 0 Å². The molecule has 1 aromatic rings. The van der Waals surface area contributed by atoms with Crippen molar-refractivity contribution in [2.24, 2.45) is 11.3 Å². The predicted molar refractivity (Wildman–Crippen MR) is 73.2 cm³/mol. The highest BCUT2D eigenvalue weighted by atomic mass is 16.6. The average molecular weight is 243 g/mol. The number of hydrogen-bond acceptors (Lipinski definition) is 2. The lowest BCUT2D eigenvalue weighted by Gasteiger charge is -2.28. The molecule has 1 aliphatic rings. The molecular weight excluding hydrogens is 226 g/mol. The Balaban J connectivity index is 2.30. The Bertz CT molecular complexity index is 518. The summed E-state index contributed by atoms with van der Waals surface area (Å²) in [5.74, 6) is 0.360. The highest BCUT2D eigenvalue weighted by Gasteiger charge is 2.28. The summed E-state index contributed by atoms with van der Waals surface area (Å²) in [4.78, 5) is 10.3. The van der Waals surface area contributed by atoms with E-state index in [1.165, 1.54) is 5.57 Å². The summed E-state index contributed by atoms with van der Waals surface area (Å²) < 4.78 is 0. The van der Waals surface area contributed by atoms with Gasteiger partial charge in [0.25, 0.3) is 5.69 Å². The van der Waals surface area contributed by atoms with Crippen molar-refractivity contribution >= 4 is 11.3 Å². The van der Waals surface area contributed by atoms with Gasteiger partial charge in [0.1, 0.15) is 0 Å². The lowest BCUT2D eigenvalue weighted by molar-refractivity contribution is -0.384. The molecule has 0 heterocycles. The largest absolute Gasteiger partial charge is 0.269 e. The molecule has 0 fully saturated rings. The van der Waals surface area contributed by atoms with E-state index in [2.05, 4.69) is 39.0 Å². The quantitative estimate of drug-likeness (QED) is 0.576. The fraction of sp³-hybridized carbons (Fsp3) is 0.333. The summed E-state index contributed by atoms with van der Waals surface area (Å²) in [6.45, 7) is 6.60. The molecule has 0 saturated carbocycles. The van der Waals surface area contributed by atoms with E-state index < -0.39 is 0 Å². The van der Waals surface area contributed by atoms with Crippen molar-refractivity contribution in [3.8, 4) is 0 Å². The van der Waals surface area contributed by atoms with Crippen molar-refractivity contribution < 1.29 is 4.92 Å². The maximum Gasteiger partial charge on any atom is 0.269 e. The molecule has 18 heavy (non-hydrogen) atoms. The number of nitrogens with zero attached hydrogens (tertiary/aromatic N) is 1. The lowest BCUT2D eigenvalue weighted by atomic mass is 9.76. The zero-order valence-electron chi connectivity index (χ0n) is 10.9. The van der Waals surface area contributed by atoms with E-state index >= 15 is 0 Å². The van der Waals surface area contributed by atoms with Crippen molar-refractivity contribution in [2.75, 3.05) is 0 Å². The highest BCUT2D eigenvalue weighted by Crippen LogP contribution is 2.41. The van der Waals surface area contributed by atoms with Crippen molar-refractivity contribution in [3.05, 3.63) is 58.2 Å². The predicted octanol–water partition coefficient (Wildman–Crippen LogP) is 4.21. The van der Waals surface area contributed by atoms with Gasteiger partial charge in [0.2, 0.25) is 0 Å². The molecule has 1 atom stereocenters. The number of allylic oxidation sites excluding steroid dienone is 4. The van der Waals surface area contributed by atoms with Crippen LogP contribution in [-0.4, -0.2) is 4.92 Å². The molecule has 0 spiro atoms. The van der Waals surface area contributed by atoms with Gasteiger partial charge in [-0.05, 0) is 28.7 Å². The second-order valence-electron chi connectivity index (χ2n) is 5.65. The van der Waals surface area contributed by atoms with Crippen molar-refractivity contribution in [3.63, 3.8) is 0 Å². The number of rotatable bonds is 2. The molecule has 0 aliphatic heterocycles. The van der Waals surface area contributed by atoms with E-state index in [9.17, 15) is 10.1 Å². The van der Waals surface area contributed by atoms with Crippen LogP contribution >= 0.6 is 0 Å². The number of benzene rings is 1. The van der Waals surface area contributed by atoms with Gasteiger partial charge in [-0.25, -0.2) is 0 Å². The molecule has 1 unspecified atom stereocenters. The first-order valence-corrected chi connectivity index (χ1v) is 6.03. The Labute approximate surface area is 107 Å². The molecule has 94 valence electrons. The summed E-state index contributed by atoms with van der Waals surface area (Å²) in [5, 5.41) is 10.6. The van der Waals surface area contributed by atoms with Crippen molar-refractivity contribution in [2.45, 2.75) is 20.8 Å². The standard InChI is InChI=1S/C15H17NO2/c1-15(2,3)14-6-4-5-13(14)11-7-9-12(10-8-11)16(17)18/h4-10,14H,1-3H3. The molecule has 3 nitrogen and oxygen atoms in total. The lowest BCUT2D eigenvalue weighted by Crippen LogP contribution is -2.18. The van der Waals surface area contributed by atoms with Gasteiger partial charge in [0, 0.05) is 18.1 Å². The van der Waals surface area contributed by atoms with Crippen LogP contribution in [0.4, 0.5) is 5.69 Å². The van der Waals surface area contributed by atoms with E-state index in [4.69, 9.17) is 0 Å². The smallest absolute Gasteiger partial charge is 0.258 e. The van der Waals surface area contributed by atoms with E-state index in [-0.39, 0.29) is 16.0 Å². The van der Waals surface area contributed by atoms with E-state index in [0.29, 0.717) is 5.92 Å². The molecule has 0 saturated heterocycles. The Morgan fingerprint density at radius 3 is 2.28 bits per heavy atom. The molecule has 0 bridgehead atoms. The van der Waals surface area contributed by atoms with Crippen LogP contribution in [0.15, 0.2) is 42.5 Å². The van der Waals surface area contributed by atoms with Crippen LogP contribution in [0.3, 0.4) is 0 Å². The fourth-order valence-electron chi connectivity index (χ4n) is 2.28. The molecular formula is C15H17NO2. The monoisotopic (exact) mass is 243 g/mol. The van der Waals surface area contributed by atoms with Gasteiger partial charge in [-0.15, -0.1) is 0 Å². The van der Waals surface area contributed by atoms with Crippen molar-refractivity contribution in [1.29, 1.82) is 0 Å². The Morgan fingerprint density at radius 1 is 1.17 bits per heavy atom. The first kappa shape index (κ1) is 12.6. The van der Waals surface area contributed by atoms with Gasteiger partial charge in [-0.2, -0.15) is 0 Å². The van der Waals surface area contributed by atoms with Crippen LogP contribution in [-0.2, 0) is 0 Å². The van der Waals surface area contributed by atoms with Crippen LogP contribution in [0.25, 0.3) is 5.57 Å². The number of hydrogen-bond donors (Lipinski definition) is 0. The second-order valence-corrected chi connectivity index (χ2v) is 5.65. The number of nitro benzene ring substituents is 1. The summed E-state index contributed by atoms with van der Waals surface area (Å²) in [6, 6.07) is 6.79. The molecule has 0 amide bonds. The minimum Gasteiger partial charge on any atom is -0.258 e. The maximum absolute atomic E-state index is 10.6. The van der Waals surface area contributed by atoms with Crippen LogP contribution in [0.1, 0.15) is 26.3 Å². The minimum atomic E-state index is -0.369. The zero-order valence-corrected chi connectivity index (χ0v) is 10.9. The normalized spacial score (nSPS) is 18.8. The third-order valence-corrected chi connectivity index (χ3v) is 3.26. The summed E-state index contributed by atoms with van der Waals surface area (Å²) in [5.41, 5.74) is 2.58. The van der Waals surface area contributed by atoms with Crippen LogP contribution in [0, 0.1) is 21.4 Å². The molecule has 0 aromatic heterocycles. The Hall–Kier alpha value is -1.90. The Kier molecular flexibility index (Phi) is 3.07. The van der Waals surface area contributed by atoms with Crippen molar-refractivity contribution in [1.82, 2.24) is 0 Å². The van der Waals surface area contributed by atoms with E-state index in [0.717, 1.165) is 5.56 Å². The second kappa shape index (κ2) is 4.41. The third kappa shape index (κ3) is 2.35. The SMILES string of the molecule is CC(C)(C)C1C=CC=C1c1ccc([N+](=O)[O-])cc1. The first-order valence-electron chi connectivity index (χ1n) is 6.03. The highest BCUT2D eigenvalue weighted by molar-refractivity contribution is 5.74. The molecule has 1 aromatic carbocycles. The third-order valence-electron chi connectivity index (χ3n) is 3.26. The molecule has 2 rings (SSSR count). The molecule has 0 N–H and O–H groups in total. The topological polar surface area (TPSA) is 43.1 Å². The molecule has 0 radical (unpaired) electrons. The average Bonchev–Trinajstić information content (AvgIpc) is 2.77. The Morgan fingerprint density at radius 2 is 1.78 bits per heavy atom. The van der Waals surface area contributed by atoms with Crippen LogP contribution < -0.4 is 0 Å². The van der Waals surface area contributed by atoms with Gasteiger partial charge < -0.3 is 0 Å². The molecule has 3 heteroatoms. The van der Waals surface area contributed by atoms with E-state index in [1.807, 2.05) is 12.1 Å². The summed E-state index contributed by atoms with van der Waals surface area (Å²) in [7, 11) is 0. The van der Waals surface area contributed by atoms with E-state index in [1.54, 1.807) is 12.1 Å². The molecule has 1 aliphatic carbocycles. The van der Waals surface area contributed by atoms with Gasteiger partial charge in [0.15, 0.2) is 0 Å². The fourth-order valence-corrected chi connectivity index (χ4v) is 2.28. The first-order chi connectivity index (χ1) is 8.39. The summed E-state index contributed by atoms with van der Waals surface area (Å²) in [6.07, 6.45) is 6.35. The summed E-state index contributed by atoms with van der Waals surface area (Å²) >= 11 is 0. The van der Waals surface area contributed by atoms with Gasteiger partial charge >= 0.3 is 0 Å². The zero-order chi connectivity index (χ0) is 13.3. The van der Waals surface area contributed by atoms with Gasteiger partial charge in [-0.3, -0.25) is 10.1 Å². The van der Waals surface area contributed by atoms with Gasteiger partial charge in [-0.1, -0.05) is 39.0 Å². The van der Waals surface area contributed by atoms with Gasteiger partial charge in [0.05, 0.1) is 4.92 Å². The number of non-ortho nitro benzene ring substituents is 1.